The number of ether oxygens (including phenoxy) is 1. The molecule has 1 aromatic heterocycles. The summed E-state index contributed by atoms with van der Waals surface area (Å²) in [5.74, 6) is -0.00664. The highest BCUT2D eigenvalue weighted by atomic mass is 19.1. The second kappa shape index (κ2) is 15.8. The molecule has 59 heavy (non-hydrogen) atoms. The summed E-state index contributed by atoms with van der Waals surface area (Å²) in [5, 5.41) is 14.8. The lowest BCUT2D eigenvalue weighted by atomic mass is 9.94. The number of para-hydroxylation sites is 1. The minimum Gasteiger partial charge on any atom is -0.457 e. The highest BCUT2D eigenvalue weighted by Crippen LogP contribution is 2.35. The maximum absolute atomic E-state index is 15.9. The molecular weight excluding hydrogens is 756 g/mol. The normalized spacial score (nSPS) is 23.2. The summed E-state index contributed by atoms with van der Waals surface area (Å²) in [6.45, 7) is 3.95. The van der Waals surface area contributed by atoms with Crippen molar-refractivity contribution in [3.05, 3.63) is 101 Å². The number of aromatic nitrogens is 2. The number of anilines is 3. The Morgan fingerprint density at radius 2 is 1.54 bits per heavy atom. The SMILES string of the molecule is N=C(c1ccc(Oc2ccccc2)cc1)c1c(N)ncnc1NC1CCN([C@@H]2CCN(C3CN(c4ccc5c(c4)C(=O)N(C4CCC(=O)NC4=O)C5=O)C3)C[C@@H]2F)CC1. The number of likely N-dealkylation sites (tertiary alicyclic amines) is 2. The third-order valence-electron chi connectivity index (χ3n) is 12.3. The van der Waals surface area contributed by atoms with Crippen LogP contribution in [0.5, 0.6) is 11.5 Å². The first-order chi connectivity index (χ1) is 28.6. The molecule has 5 aliphatic heterocycles. The Bertz CT molecular complexity index is 2300. The third-order valence-corrected chi connectivity index (χ3v) is 12.3. The maximum Gasteiger partial charge on any atom is 0.262 e. The van der Waals surface area contributed by atoms with Gasteiger partial charge in [-0.05, 0) is 80.3 Å². The summed E-state index contributed by atoms with van der Waals surface area (Å²) in [5.41, 5.74) is 8.91. The molecule has 6 heterocycles. The van der Waals surface area contributed by atoms with E-state index < -0.39 is 35.8 Å². The standard InChI is InChI=1S/C43H45FN10O5/c44-33-23-52(28-21-53(22-28)27-8-11-31-32(20-27)43(58)54(42(31)57)35-12-13-36(55)50-41(35)56)19-16-34(33)51-17-14-26(15-18-51)49-40-37(39(46)47-24-48-40)38(45)25-6-9-30(10-7-25)59-29-4-2-1-3-5-29/h1-11,20,24,26,28,33-35,45H,12-19,21-23H2,(H,50,55,56)(H3,46,47,48,49)/t33-,34+,35?/m0/s1. The molecule has 5 aliphatic rings. The molecule has 4 saturated heterocycles. The number of halogens is 1. The van der Waals surface area contributed by atoms with E-state index in [0.717, 1.165) is 55.2 Å². The Morgan fingerprint density at radius 3 is 2.27 bits per heavy atom. The predicted octanol–water partition coefficient (Wildman–Crippen LogP) is 3.85. The number of hydrogen-bond acceptors (Lipinski definition) is 13. The molecule has 9 rings (SSSR count). The van der Waals surface area contributed by atoms with Crippen LogP contribution in [0.1, 0.15) is 63.9 Å². The van der Waals surface area contributed by atoms with Crippen LogP contribution in [0, 0.1) is 5.41 Å². The molecular formula is C43H45FN10O5. The molecule has 15 nitrogen and oxygen atoms in total. The van der Waals surface area contributed by atoms with Crippen LogP contribution < -0.4 is 26.0 Å². The molecule has 4 amide bonds. The number of nitrogens with two attached hydrogens (primary N) is 1. The Kier molecular flexibility index (Phi) is 10.3. The molecule has 0 saturated carbocycles. The van der Waals surface area contributed by atoms with Crippen molar-refractivity contribution in [1.29, 1.82) is 5.41 Å². The number of nitrogens with one attached hydrogen (secondary N) is 3. The molecule has 4 aromatic rings. The van der Waals surface area contributed by atoms with E-state index in [0.29, 0.717) is 42.3 Å². The van der Waals surface area contributed by atoms with Crippen LogP contribution in [0.3, 0.4) is 0 Å². The first kappa shape index (κ1) is 38.3. The monoisotopic (exact) mass is 800 g/mol. The van der Waals surface area contributed by atoms with Gasteiger partial charge in [0.15, 0.2) is 0 Å². The average molecular weight is 801 g/mol. The van der Waals surface area contributed by atoms with Crippen molar-refractivity contribution in [2.24, 2.45) is 0 Å². The molecule has 3 atom stereocenters. The summed E-state index contributed by atoms with van der Waals surface area (Å²) >= 11 is 0. The molecule has 3 aromatic carbocycles. The molecule has 4 fully saturated rings. The zero-order valence-electron chi connectivity index (χ0n) is 32.4. The van der Waals surface area contributed by atoms with E-state index >= 15 is 4.39 Å². The van der Waals surface area contributed by atoms with Crippen LogP contribution in [0.4, 0.5) is 21.7 Å². The Balaban J connectivity index is 0.755. The van der Waals surface area contributed by atoms with Crippen LogP contribution in [-0.4, -0.2) is 124 Å². The number of nitrogens with zero attached hydrogens (tertiary/aromatic N) is 6. The van der Waals surface area contributed by atoms with Gasteiger partial charge in [-0.2, -0.15) is 0 Å². The summed E-state index contributed by atoms with van der Waals surface area (Å²) in [7, 11) is 0. The topological polar surface area (TPSA) is 190 Å². The molecule has 16 heteroatoms. The molecule has 1 unspecified atom stereocenters. The summed E-state index contributed by atoms with van der Waals surface area (Å²) in [6.07, 6.45) is 2.87. The van der Waals surface area contributed by atoms with Gasteiger partial charge in [0.25, 0.3) is 11.8 Å². The van der Waals surface area contributed by atoms with Gasteiger partial charge in [-0.3, -0.25) is 44.6 Å². The number of carbonyl (C=O) groups is 4. The number of alkyl halides is 1. The lowest BCUT2D eigenvalue weighted by molar-refractivity contribution is -0.136. The van der Waals surface area contributed by atoms with Crippen molar-refractivity contribution in [1.82, 2.24) is 30.0 Å². The van der Waals surface area contributed by atoms with E-state index in [2.05, 4.69) is 35.3 Å². The Hall–Kier alpha value is -6.26. The fourth-order valence-corrected chi connectivity index (χ4v) is 8.99. The van der Waals surface area contributed by atoms with Crippen molar-refractivity contribution >= 4 is 46.7 Å². The van der Waals surface area contributed by atoms with Crippen LogP contribution >= 0.6 is 0 Å². The highest BCUT2D eigenvalue weighted by molar-refractivity contribution is 6.23. The fourth-order valence-electron chi connectivity index (χ4n) is 8.99. The van der Waals surface area contributed by atoms with Gasteiger partial charge in [-0.25, -0.2) is 14.4 Å². The molecule has 304 valence electrons. The van der Waals surface area contributed by atoms with E-state index in [1.54, 1.807) is 12.1 Å². The van der Waals surface area contributed by atoms with Crippen LogP contribution in [0.25, 0.3) is 0 Å². The van der Waals surface area contributed by atoms with Gasteiger partial charge in [0.1, 0.15) is 41.7 Å². The minimum absolute atomic E-state index is 0.0670. The lowest BCUT2D eigenvalue weighted by Gasteiger charge is -2.51. The van der Waals surface area contributed by atoms with Gasteiger partial charge in [0.05, 0.1) is 22.4 Å². The fraction of sp³-hybridized carbons (Fsp3) is 0.372. The number of imide groups is 2. The van der Waals surface area contributed by atoms with Gasteiger partial charge < -0.3 is 20.7 Å². The third kappa shape index (κ3) is 7.49. The number of fused-ring (bicyclic) bond motifs is 1. The molecule has 0 spiro atoms. The zero-order chi connectivity index (χ0) is 40.8. The Morgan fingerprint density at radius 1 is 0.831 bits per heavy atom. The van der Waals surface area contributed by atoms with Gasteiger partial charge in [0, 0.05) is 75.1 Å². The zero-order valence-corrected chi connectivity index (χ0v) is 32.4. The molecule has 0 aliphatic carbocycles. The summed E-state index contributed by atoms with van der Waals surface area (Å²) in [6, 6.07) is 21.0. The summed E-state index contributed by atoms with van der Waals surface area (Å²) < 4.78 is 21.8. The van der Waals surface area contributed by atoms with Gasteiger partial charge in [-0.1, -0.05) is 18.2 Å². The van der Waals surface area contributed by atoms with Gasteiger partial charge in [0.2, 0.25) is 11.8 Å². The lowest BCUT2D eigenvalue weighted by Crippen LogP contribution is -2.64. The second-order valence-corrected chi connectivity index (χ2v) is 15.9. The van der Waals surface area contributed by atoms with Gasteiger partial charge in [-0.15, -0.1) is 0 Å². The minimum atomic E-state index is -1.01. The number of amides is 4. The summed E-state index contributed by atoms with van der Waals surface area (Å²) in [4.78, 5) is 66.7. The van der Waals surface area contributed by atoms with E-state index in [-0.39, 0.29) is 53.6 Å². The van der Waals surface area contributed by atoms with E-state index in [1.807, 2.05) is 60.7 Å². The largest absolute Gasteiger partial charge is 0.457 e. The second-order valence-electron chi connectivity index (χ2n) is 15.9. The Labute approximate surface area is 340 Å². The van der Waals surface area contributed by atoms with Crippen molar-refractivity contribution in [2.75, 3.05) is 55.2 Å². The highest BCUT2D eigenvalue weighted by Gasteiger charge is 2.46. The van der Waals surface area contributed by atoms with Crippen molar-refractivity contribution in [3.8, 4) is 11.5 Å². The first-order valence-corrected chi connectivity index (χ1v) is 20.1. The van der Waals surface area contributed by atoms with Crippen molar-refractivity contribution in [3.63, 3.8) is 0 Å². The van der Waals surface area contributed by atoms with Gasteiger partial charge >= 0.3 is 0 Å². The number of rotatable bonds is 10. The average Bonchev–Trinajstić information content (AvgIpc) is 3.46. The predicted molar refractivity (Wildman–Crippen MR) is 218 cm³/mol. The number of benzene rings is 3. The smallest absolute Gasteiger partial charge is 0.262 e. The van der Waals surface area contributed by atoms with E-state index in [4.69, 9.17) is 15.9 Å². The quantitative estimate of drug-likeness (QED) is 0.134. The number of nitrogen functional groups attached to an aromatic ring is 1. The number of hydrogen-bond donors (Lipinski definition) is 4. The van der Waals surface area contributed by atoms with Crippen LogP contribution in [-0.2, 0) is 9.59 Å². The number of carbonyl (C=O) groups excluding carboxylic acids is 4. The van der Waals surface area contributed by atoms with E-state index in [1.165, 1.54) is 6.33 Å². The number of piperidine rings is 3. The molecule has 0 radical (unpaired) electrons. The molecule has 5 N–H and O–H groups in total. The van der Waals surface area contributed by atoms with Crippen LogP contribution in [0.15, 0.2) is 79.1 Å². The maximum atomic E-state index is 15.9. The van der Waals surface area contributed by atoms with E-state index in [9.17, 15) is 19.2 Å². The first-order valence-electron chi connectivity index (χ1n) is 20.1. The van der Waals surface area contributed by atoms with Crippen molar-refractivity contribution < 1.29 is 28.3 Å². The van der Waals surface area contributed by atoms with Crippen LogP contribution in [0.2, 0.25) is 0 Å². The molecule has 0 bridgehead atoms. The van der Waals surface area contributed by atoms with Crippen molar-refractivity contribution in [2.45, 2.75) is 62.4 Å².